The average molecular weight is 365 g/mol. The van der Waals surface area contributed by atoms with Gasteiger partial charge in [0, 0.05) is 37.5 Å². The molecule has 1 aromatic carbocycles. The van der Waals surface area contributed by atoms with Gasteiger partial charge in [-0.15, -0.1) is 0 Å². The Morgan fingerprint density at radius 1 is 1.20 bits per heavy atom. The van der Waals surface area contributed by atoms with E-state index in [4.69, 9.17) is 0 Å². The average Bonchev–Trinajstić information content (AvgIpc) is 3.22. The van der Waals surface area contributed by atoms with Crippen molar-refractivity contribution in [1.82, 2.24) is 9.21 Å². The summed E-state index contributed by atoms with van der Waals surface area (Å²) < 4.78 is 2.23. The van der Waals surface area contributed by atoms with Crippen molar-refractivity contribution < 1.29 is 15.0 Å². The number of β-amino-alcohol motifs (C(OH)–C–C–N with tert-alkyl or cyclic N) is 1. The Kier molecular flexibility index (Phi) is 6.62. The molecule has 0 bridgehead atoms. The molecule has 138 valence electrons. The van der Waals surface area contributed by atoms with Gasteiger partial charge in [-0.1, -0.05) is 12.8 Å². The molecule has 5 nitrogen and oxygen atoms in total. The number of hydrogen-bond donors (Lipinski definition) is 2. The minimum absolute atomic E-state index is 0.160. The number of benzene rings is 1. The number of likely N-dealkylation sites (tertiary alicyclic amines) is 1. The molecule has 2 N–H and O–H groups in total. The van der Waals surface area contributed by atoms with Crippen molar-refractivity contribution in [2.45, 2.75) is 49.5 Å². The molecule has 25 heavy (non-hydrogen) atoms. The summed E-state index contributed by atoms with van der Waals surface area (Å²) in [5, 5.41) is 20.0. The summed E-state index contributed by atoms with van der Waals surface area (Å²) >= 11 is 1.63. The Morgan fingerprint density at radius 3 is 2.56 bits per heavy atom. The lowest BCUT2D eigenvalue weighted by Crippen LogP contribution is -2.39. The van der Waals surface area contributed by atoms with E-state index in [9.17, 15) is 15.0 Å². The number of hydrogen-bond acceptors (Lipinski definition) is 5. The summed E-state index contributed by atoms with van der Waals surface area (Å²) in [5.74, 6) is 1.11. The SMILES string of the molecule is O=C1CCCN1CC(O)CN(CC1CCCC1)Sc1ccc(O)cc1. The Bertz CT molecular complexity index is 560. The van der Waals surface area contributed by atoms with E-state index in [2.05, 4.69) is 4.31 Å². The number of carbonyl (C=O) groups excluding carboxylic acids is 1. The van der Waals surface area contributed by atoms with Crippen molar-refractivity contribution >= 4 is 17.9 Å². The van der Waals surface area contributed by atoms with Crippen molar-refractivity contribution in [2.75, 3.05) is 26.2 Å². The predicted molar refractivity (Wildman–Crippen MR) is 99.3 cm³/mol. The number of amides is 1. The van der Waals surface area contributed by atoms with Crippen LogP contribution in [0.2, 0.25) is 0 Å². The molecule has 1 saturated heterocycles. The maximum Gasteiger partial charge on any atom is 0.222 e. The summed E-state index contributed by atoms with van der Waals surface area (Å²) in [6.45, 7) is 2.70. The first-order chi connectivity index (χ1) is 12.1. The van der Waals surface area contributed by atoms with Crippen LogP contribution < -0.4 is 0 Å². The van der Waals surface area contributed by atoms with Crippen LogP contribution in [0.25, 0.3) is 0 Å². The van der Waals surface area contributed by atoms with E-state index < -0.39 is 6.10 Å². The summed E-state index contributed by atoms with van der Waals surface area (Å²) in [6, 6.07) is 7.18. The highest BCUT2D eigenvalue weighted by Gasteiger charge is 2.25. The molecule has 3 rings (SSSR count). The van der Waals surface area contributed by atoms with E-state index in [0.29, 0.717) is 25.4 Å². The fraction of sp³-hybridized carbons (Fsp3) is 0.632. The van der Waals surface area contributed by atoms with Crippen LogP contribution in [0.3, 0.4) is 0 Å². The molecule has 2 aliphatic rings. The van der Waals surface area contributed by atoms with Crippen LogP contribution in [0.5, 0.6) is 5.75 Å². The Hall–Kier alpha value is -1.24. The van der Waals surface area contributed by atoms with Crippen molar-refractivity contribution in [2.24, 2.45) is 5.92 Å². The fourth-order valence-electron chi connectivity index (χ4n) is 3.73. The molecule has 0 radical (unpaired) electrons. The summed E-state index contributed by atoms with van der Waals surface area (Å²) in [7, 11) is 0. The van der Waals surface area contributed by atoms with E-state index >= 15 is 0 Å². The van der Waals surface area contributed by atoms with E-state index in [0.717, 1.165) is 24.4 Å². The zero-order chi connectivity index (χ0) is 17.6. The highest BCUT2D eigenvalue weighted by Crippen LogP contribution is 2.31. The molecule has 1 aliphatic carbocycles. The van der Waals surface area contributed by atoms with Gasteiger partial charge in [0.1, 0.15) is 5.75 Å². The lowest BCUT2D eigenvalue weighted by molar-refractivity contribution is -0.128. The van der Waals surface area contributed by atoms with Crippen LogP contribution in [0.15, 0.2) is 29.2 Å². The van der Waals surface area contributed by atoms with Gasteiger partial charge in [0.05, 0.1) is 6.10 Å². The van der Waals surface area contributed by atoms with Gasteiger partial charge in [0.25, 0.3) is 0 Å². The topological polar surface area (TPSA) is 64.0 Å². The molecule has 0 spiro atoms. The molecule has 1 saturated carbocycles. The molecule has 1 amide bonds. The van der Waals surface area contributed by atoms with E-state index in [1.807, 2.05) is 12.1 Å². The minimum Gasteiger partial charge on any atom is -0.508 e. The first kappa shape index (κ1) is 18.5. The minimum atomic E-state index is -0.534. The van der Waals surface area contributed by atoms with Crippen molar-refractivity contribution in [3.05, 3.63) is 24.3 Å². The standard InChI is InChI=1S/C19H28N2O3S/c22-16-7-9-18(10-8-16)25-21(12-15-4-1-2-5-15)14-17(23)13-20-11-3-6-19(20)24/h7-10,15,17,22-23H,1-6,11-14H2. The maximum atomic E-state index is 11.8. The second-order valence-corrected chi connectivity index (χ2v) is 8.35. The zero-order valence-corrected chi connectivity index (χ0v) is 15.5. The van der Waals surface area contributed by atoms with Gasteiger partial charge >= 0.3 is 0 Å². The Labute approximate surface area is 154 Å². The molecular formula is C19H28N2O3S. The van der Waals surface area contributed by atoms with E-state index in [1.165, 1.54) is 25.7 Å². The second kappa shape index (κ2) is 8.92. The largest absolute Gasteiger partial charge is 0.508 e. The summed E-state index contributed by atoms with van der Waals surface area (Å²) in [6.07, 6.45) is 6.09. The molecule has 1 aliphatic heterocycles. The highest BCUT2D eigenvalue weighted by atomic mass is 32.2. The molecule has 0 aromatic heterocycles. The van der Waals surface area contributed by atoms with Gasteiger partial charge in [-0.2, -0.15) is 0 Å². The molecule has 6 heteroatoms. The van der Waals surface area contributed by atoms with Crippen LogP contribution in [0.4, 0.5) is 0 Å². The quantitative estimate of drug-likeness (QED) is 0.695. The predicted octanol–water partition coefficient (Wildman–Crippen LogP) is 2.87. The number of phenolic OH excluding ortho intramolecular Hbond substituents is 1. The van der Waals surface area contributed by atoms with Crippen LogP contribution >= 0.6 is 11.9 Å². The van der Waals surface area contributed by atoms with Crippen molar-refractivity contribution in [3.63, 3.8) is 0 Å². The van der Waals surface area contributed by atoms with Crippen molar-refractivity contribution in [1.29, 1.82) is 0 Å². The van der Waals surface area contributed by atoms with Gasteiger partial charge in [0.2, 0.25) is 5.91 Å². The van der Waals surface area contributed by atoms with Gasteiger partial charge in [-0.05, 0) is 61.4 Å². The number of aromatic hydroxyl groups is 1. The number of nitrogens with zero attached hydrogens (tertiary/aromatic N) is 2. The van der Waals surface area contributed by atoms with Gasteiger partial charge in [-0.3, -0.25) is 4.79 Å². The van der Waals surface area contributed by atoms with Gasteiger partial charge < -0.3 is 15.1 Å². The summed E-state index contributed by atoms with van der Waals surface area (Å²) in [4.78, 5) is 14.6. The number of rotatable bonds is 8. The normalized spacial score (nSPS) is 19.9. The molecule has 2 fully saturated rings. The molecule has 1 unspecified atom stereocenters. The van der Waals surface area contributed by atoms with Crippen LogP contribution in [0, 0.1) is 5.92 Å². The van der Waals surface area contributed by atoms with E-state index in [-0.39, 0.29) is 11.7 Å². The third-order valence-corrected chi connectivity index (χ3v) is 6.06. The first-order valence-corrected chi connectivity index (χ1v) is 10.1. The third kappa shape index (κ3) is 5.62. The number of carbonyl (C=O) groups is 1. The molecule has 1 atom stereocenters. The second-order valence-electron chi connectivity index (χ2n) is 7.18. The number of aliphatic hydroxyl groups excluding tert-OH is 1. The Morgan fingerprint density at radius 2 is 1.92 bits per heavy atom. The molecule has 1 heterocycles. The molecule has 1 aromatic rings. The third-order valence-electron chi connectivity index (χ3n) is 5.02. The van der Waals surface area contributed by atoms with Gasteiger partial charge in [-0.25, -0.2) is 4.31 Å². The Balaban J connectivity index is 1.58. The van der Waals surface area contributed by atoms with Crippen molar-refractivity contribution in [3.8, 4) is 5.75 Å². The maximum absolute atomic E-state index is 11.8. The van der Waals surface area contributed by atoms with E-state index in [1.54, 1.807) is 29.0 Å². The highest BCUT2D eigenvalue weighted by molar-refractivity contribution is 7.97. The number of aliphatic hydroxyl groups is 1. The zero-order valence-electron chi connectivity index (χ0n) is 14.6. The number of phenols is 1. The van der Waals surface area contributed by atoms with Gasteiger partial charge in [0.15, 0.2) is 0 Å². The first-order valence-electron chi connectivity index (χ1n) is 9.28. The van der Waals surface area contributed by atoms with Crippen LogP contribution in [-0.2, 0) is 4.79 Å². The molecular weight excluding hydrogens is 336 g/mol. The summed E-state index contributed by atoms with van der Waals surface area (Å²) in [5.41, 5.74) is 0. The monoisotopic (exact) mass is 364 g/mol. The lowest BCUT2D eigenvalue weighted by Gasteiger charge is -2.28. The smallest absolute Gasteiger partial charge is 0.222 e. The lowest BCUT2D eigenvalue weighted by atomic mass is 10.1. The van der Waals surface area contributed by atoms with Crippen LogP contribution in [-0.4, -0.2) is 57.6 Å². The van der Waals surface area contributed by atoms with Crippen LogP contribution in [0.1, 0.15) is 38.5 Å². The fourth-order valence-corrected chi connectivity index (χ4v) is 4.82.